The molecule has 1 aliphatic heterocycles. The van der Waals surface area contributed by atoms with Gasteiger partial charge in [-0.05, 0) is 31.5 Å². The molecule has 1 unspecified atom stereocenters. The molecule has 6 nitrogen and oxygen atoms in total. The third-order valence-corrected chi connectivity index (χ3v) is 5.03. The zero-order valence-corrected chi connectivity index (χ0v) is 13.4. The first-order valence-corrected chi connectivity index (χ1v) is 8.78. The van der Waals surface area contributed by atoms with Crippen molar-refractivity contribution in [2.45, 2.75) is 31.2 Å². The maximum atomic E-state index is 11.5. The molecule has 0 aliphatic carbocycles. The highest BCUT2D eigenvalue weighted by molar-refractivity contribution is 7.89. The monoisotopic (exact) mass is 312 g/mol. The lowest BCUT2D eigenvalue weighted by molar-refractivity contribution is 0.193. The van der Waals surface area contributed by atoms with Crippen LogP contribution < -0.4 is 15.8 Å². The van der Waals surface area contributed by atoms with Gasteiger partial charge in [-0.25, -0.2) is 13.6 Å². The van der Waals surface area contributed by atoms with Gasteiger partial charge in [0, 0.05) is 43.6 Å². The van der Waals surface area contributed by atoms with E-state index in [1.807, 2.05) is 0 Å². The second-order valence-electron chi connectivity index (χ2n) is 5.59. The van der Waals surface area contributed by atoms with Gasteiger partial charge < -0.3 is 10.6 Å². The van der Waals surface area contributed by atoms with Crippen LogP contribution in [0, 0.1) is 0 Å². The minimum atomic E-state index is -3.73. The average Bonchev–Trinajstić information content (AvgIpc) is 2.45. The Morgan fingerprint density at radius 2 is 1.81 bits per heavy atom. The van der Waals surface area contributed by atoms with Crippen LogP contribution in [0.3, 0.4) is 0 Å². The molecule has 1 saturated heterocycles. The van der Waals surface area contributed by atoms with Gasteiger partial charge in [-0.2, -0.15) is 0 Å². The zero-order valence-electron chi connectivity index (χ0n) is 12.6. The number of benzene rings is 1. The summed E-state index contributed by atoms with van der Waals surface area (Å²) in [5.41, 5.74) is 7.04. The minimum absolute atomic E-state index is 0.0712. The Morgan fingerprint density at radius 3 is 2.33 bits per heavy atom. The number of nitrogens with two attached hydrogens (primary N) is 2. The summed E-state index contributed by atoms with van der Waals surface area (Å²) in [5, 5.41) is 5.19. The standard InChI is InChI=1S/C14H24N4O2S/c1-3-11(2)17-4-6-18(7-5-17)13-8-12(15)9-14(10-13)21(16,19)20/h8-11H,3-7,15H2,1-2H3,(H2,16,19,20). The molecule has 1 fully saturated rings. The van der Waals surface area contributed by atoms with E-state index in [0.29, 0.717) is 11.7 Å². The van der Waals surface area contributed by atoms with Crippen molar-refractivity contribution >= 4 is 21.4 Å². The molecule has 1 heterocycles. The molecule has 1 aromatic carbocycles. The van der Waals surface area contributed by atoms with Gasteiger partial charge in [0.1, 0.15) is 0 Å². The van der Waals surface area contributed by atoms with Crippen molar-refractivity contribution in [3.05, 3.63) is 18.2 Å². The van der Waals surface area contributed by atoms with Crippen LogP contribution in [0.15, 0.2) is 23.1 Å². The van der Waals surface area contributed by atoms with Crippen LogP contribution >= 0.6 is 0 Å². The molecule has 4 N–H and O–H groups in total. The van der Waals surface area contributed by atoms with Crippen LogP contribution in [-0.2, 0) is 10.0 Å². The van der Waals surface area contributed by atoms with Crippen molar-refractivity contribution in [1.29, 1.82) is 0 Å². The number of hydrogen-bond acceptors (Lipinski definition) is 5. The summed E-state index contributed by atoms with van der Waals surface area (Å²) in [7, 11) is -3.73. The predicted molar refractivity (Wildman–Crippen MR) is 85.8 cm³/mol. The van der Waals surface area contributed by atoms with Crippen LogP contribution in [0.25, 0.3) is 0 Å². The van der Waals surface area contributed by atoms with E-state index in [-0.39, 0.29) is 4.90 Å². The van der Waals surface area contributed by atoms with E-state index in [1.165, 1.54) is 6.07 Å². The molecule has 0 radical (unpaired) electrons. The quantitative estimate of drug-likeness (QED) is 0.804. The molecular weight excluding hydrogens is 288 g/mol. The average molecular weight is 312 g/mol. The van der Waals surface area contributed by atoms with Crippen molar-refractivity contribution in [3.8, 4) is 0 Å². The minimum Gasteiger partial charge on any atom is -0.399 e. The van der Waals surface area contributed by atoms with Crippen molar-refractivity contribution < 1.29 is 8.42 Å². The van der Waals surface area contributed by atoms with Crippen molar-refractivity contribution in [1.82, 2.24) is 4.90 Å². The third kappa shape index (κ3) is 3.87. The van der Waals surface area contributed by atoms with Crippen molar-refractivity contribution in [2.75, 3.05) is 36.8 Å². The number of nitrogens with zero attached hydrogens (tertiary/aromatic N) is 2. The zero-order chi connectivity index (χ0) is 15.6. The van der Waals surface area contributed by atoms with Gasteiger partial charge in [0.2, 0.25) is 10.0 Å². The van der Waals surface area contributed by atoms with Crippen molar-refractivity contribution in [2.24, 2.45) is 5.14 Å². The summed E-state index contributed by atoms with van der Waals surface area (Å²) in [6.45, 7) is 8.07. The van der Waals surface area contributed by atoms with Gasteiger partial charge in [-0.1, -0.05) is 6.92 Å². The summed E-state index contributed by atoms with van der Waals surface area (Å²) in [6, 6.07) is 5.37. The fourth-order valence-corrected chi connectivity index (χ4v) is 3.22. The van der Waals surface area contributed by atoms with E-state index < -0.39 is 10.0 Å². The molecule has 0 bridgehead atoms. The van der Waals surface area contributed by atoms with E-state index in [0.717, 1.165) is 38.3 Å². The molecule has 0 saturated carbocycles. The summed E-state index contributed by atoms with van der Waals surface area (Å²) in [4.78, 5) is 4.68. The Bertz CT molecular complexity index is 595. The SMILES string of the molecule is CCC(C)N1CCN(c2cc(N)cc(S(N)(=O)=O)c2)CC1. The molecule has 1 atom stereocenters. The summed E-state index contributed by atoms with van der Waals surface area (Å²) >= 11 is 0. The normalized spacial score (nSPS) is 18.7. The maximum absolute atomic E-state index is 11.5. The first-order chi connectivity index (χ1) is 9.81. The van der Waals surface area contributed by atoms with Gasteiger partial charge in [0.25, 0.3) is 0 Å². The summed E-state index contributed by atoms with van der Waals surface area (Å²) in [5.74, 6) is 0. The van der Waals surface area contributed by atoms with Crippen LogP contribution in [0.5, 0.6) is 0 Å². The Labute approximate surface area is 126 Å². The Hall–Kier alpha value is -1.31. The number of nitrogen functional groups attached to an aromatic ring is 1. The second kappa shape index (κ2) is 6.21. The third-order valence-electron chi connectivity index (χ3n) is 4.14. The van der Waals surface area contributed by atoms with E-state index in [2.05, 4.69) is 23.6 Å². The Balaban J connectivity index is 2.15. The Kier molecular flexibility index (Phi) is 4.75. The lowest BCUT2D eigenvalue weighted by atomic mass is 10.1. The van der Waals surface area contributed by atoms with Gasteiger partial charge in [0.15, 0.2) is 0 Å². The summed E-state index contributed by atoms with van der Waals surface area (Å²) in [6.07, 6.45) is 1.13. The first kappa shape index (κ1) is 16.1. The number of hydrogen-bond donors (Lipinski definition) is 2. The topological polar surface area (TPSA) is 92.7 Å². The van der Waals surface area contributed by atoms with Gasteiger partial charge in [0.05, 0.1) is 4.90 Å². The number of piperazine rings is 1. The molecular formula is C14H24N4O2S. The van der Waals surface area contributed by atoms with Crippen LogP contribution in [0.2, 0.25) is 0 Å². The highest BCUT2D eigenvalue weighted by Gasteiger charge is 2.21. The van der Waals surface area contributed by atoms with E-state index in [1.54, 1.807) is 12.1 Å². The van der Waals surface area contributed by atoms with E-state index in [4.69, 9.17) is 10.9 Å². The fraction of sp³-hybridized carbons (Fsp3) is 0.571. The van der Waals surface area contributed by atoms with Crippen LogP contribution in [0.1, 0.15) is 20.3 Å². The second-order valence-corrected chi connectivity index (χ2v) is 7.15. The predicted octanol–water partition coefficient (Wildman–Crippen LogP) is 0.837. The van der Waals surface area contributed by atoms with Gasteiger partial charge in [-0.3, -0.25) is 4.90 Å². The highest BCUT2D eigenvalue weighted by Crippen LogP contribution is 2.24. The number of anilines is 2. The number of sulfonamides is 1. The van der Waals surface area contributed by atoms with Gasteiger partial charge in [-0.15, -0.1) is 0 Å². The summed E-state index contributed by atoms with van der Waals surface area (Å²) < 4.78 is 23.0. The molecule has 118 valence electrons. The van der Waals surface area contributed by atoms with Crippen molar-refractivity contribution in [3.63, 3.8) is 0 Å². The molecule has 1 aliphatic rings. The van der Waals surface area contributed by atoms with E-state index >= 15 is 0 Å². The maximum Gasteiger partial charge on any atom is 0.238 e. The van der Waals surface area contributed by atoms with Crippen LogP contribution in [0.4, 0.5) is 11.4 Å². The Morgan fingerprint density at radius 1 is 1.19 bits per heavy atom. The van der Waals surface area contributed by atoms with Gasteiger partial charge >= 0.3 is 0 Å². The fourth-order valence-electron chi connectivity index (χ4n) is 2.63. The molecule has 2 rings (SSSR count). The molecule has 0 aromatic heterocycles. The van der Waals surface area contributed by atoms with Crippen LogP contribution in [-0.4, -0.2) is 45.5 Å². The highest BCUT2D eigenvalue weighted by atomic mass is 32.2. The first-order valence-electron chi connectivity index (χ1n) is 7.23. The van der Waals surface area contributed by atoms with E-state index in [9.17, 15) is 8.42 Å². The smallest absolute Gasteiger partial charge is 0.238 e. The number of rotatable bonds is 4. The molecule has 1 aromatic rings. The molecule has 0 amide bonds. The lowest BCUT2D eigenvalue weighted by Gasteiger charge is -2.39. The number of primary sulfonamides is 1. The molecule has 7 heteroatoms. The largest absolute Gasteiger partial charge is 0.399 e. The lowest BCUT2D eigenvalue weighted by Crippen LogP contribution is -2.49. The molecule has 0 spiro atoms. The molecule has 21 heavy (non-hydrogen) atoms.